The van der Waals surface area contributed by atoms with Crippen molar-refractivity contribution in [2.75, 3.05) is 0 Å². The van der Waals surface area contributed by atoms with Gasteiger partial charge in [0.15, 0.2) is 0 Å². The maximum absolute atomic E-state index is 11.5. The average molecular weight is 251 g/mol. The normalized spacial score (nSPS) is 11.6. The molecule has 0 spiro atoms. The smallest absolute Gasteiger partial charge is 0.315 e. The van der Waals surface area contributed by atoms with Gasteiger partial charge in [-0.2, -0.15) is 0 Å². The van der Waals surface area contributed by atoms with Gasteiger partial charge in [-0.15, -0.1) is 0 Å². The number of carboxylic acid groups (broad SMARTS) is 1. The number of nitrogens with zero attached hydrogens (tertiary/aromatic N) is 1. The second kappa shape index (κ2) is 7.26. The Morgan fingerprint density at radius 2 is 2.28 bits per heavy atom. The Balaban J connectivity index is 2.34. The molecule has 0 bridgehead atoms. The summed E-state index contributed by atoms with van der Waals surface area (Å²) in [5, 5.41) is 13.9. The Hall–Kier alpha value is -2.11. The first kappa shape index (κ1) is 14.0. The van der Waals surface area contributed by atoms with E-state index in [2.05, 4.69) is 15.6 Å². The number of hydrogen-bond acceptors (Lipinski definition) is 3. The van der Waals surface area contributed by atoms with Gasteiger partial charge in [-0.1, -0.05) is 13.0 Å². The van der Waals surface area contributed by atoms with E-state index in [-0.39, 0.29) is 18.5 Å². The first-order chi connectivity index (χ1) is 8.61. The number of hydrogen-bond donors (Lipinski definition) is 3. The summed E-state index contributed by atoms with van der Waals surface area (Å²) in [6.07, 6.45) is 3.82. The standard InChI is InChI=1S/C12H17N3O3/c1-2-10(6-11(16)17)15-12(18)14-8-9-4-3-5-13-7-9/h3-5,7,10H,2,6,8H2,1H3,(H,16,17)(H2,14,15,18). The van der Waals surface area contributed by atoms with E-state index in [1.165, 1.54) is 0 Å². The molecule has 3 N–H and O–H groups in total. The summed E-state index contributed by atoms with van der Waals surface area (Å²) in [7, 11) is 0. The van der Waals surface area contributed by atoms with Crippen LogP contribution in [0.5, 0.6) is 0 Å². The van der Waals surface area contributed by atoms with Gasteiger partial charge < -0.3 is 15.7 Å². The predicted molar refractivity (Wildman–Crippen MR) is 65.9 cm³/mol. The molecule has 98 valence electrons. The third kappa shape index (κ3) is 5.29. The second-order valence-electron chi connectivity index (χ2n) is 3.89. The molecular formula is C12H17N3O3. The number of amides is 2. The molecule has 1 heterocycles. The van der Waals surface area contributed by atoms with Crippen molar-refractivity contribution in [1.29, 1.82) is 0 Å². The van der Waals surface area contributed by atoms with Crippen LogP contribution in [0.15, 0.2) is 24.5 Å². The van der Waals surface area contributed by atoms with E-state index < -0.39 is 5.97 Å². The number of aromatic nitrogens is 1. The molecule has 0 aromatic carbocycles. The van der Waals surface area contributed by atoms with Crippen molar-refractivity contribution in [3.05, 3.63) is 30.1 Å². The summed E-state index contributed by atoms with van der Waals surface area (Å²) in [5.74, 6) is -0.922. The third-order valence-corrected chi connectivity index (χ3v) is 2.42. The lowest BCUT2D eigenvalue weighted by atomic mass is 10.1. The predicted octanol–water partition coefficient (Wildman–Crippen LogP) is 1.13. The average Bonchev–Trinajstić information content (AvgIpc) is 2.36. The maximum Gasteiger partial charge on any atom is 0.315 e. The molecule has 6 heteroatoms. The van der Waals surface area contributed by atoms with Gasteiger partial charge in [-0.3, -0.25) is 9.78 Å². The van der Waals surface area contributed by atoms with Gasteiger partial charge in [0.25, 0.3) is 0 Å². The van der Waals surface area contributed by atoms with Crippen LogP contribution in [0.3, 0.4) is 0 Å². The summed E-state index contributed by atoms with van der Waals surface area (Å²) in [6.45, 7) is 2.19. The van der Waals surface area contributed by atoms with Crippen molar-refractivity contribution >= 4 is 12.0 Å². The minimum absolute atomic E-state index is 0.0726. The molecule has 0 aliphatic carbocycles. The SMILES string of the molecule is CCC(CC(=O)O)NC(=O)NCc1cccnc1. The Morgan fingerprint density at radius 3 is 2.83 bits per heavy atom. The van der Waals surface area contributed by atoms with Crippen LogP contribution in [0.1, 0.15) is 25.3 Å². The van der Waals surface area contributed by atoms with Gasteiger partial charge in [-0.25, -0.2) is 4.79 Å². The molecule has 0 aliphatic rings. The van der Waals surface area contributed by atoms with Crippen LogP contribution in [-0.4, -0.2) is 28.1 Å². The van der Waals surface area contributed by atoms with E-state index in [0.29, 0.717) is 13.0 Å². The monoisotopic (exact) mass is 251 g/mol. The fraction of sp³-hybridized carbons (Fsp3) is 0.417. The third-order valence-electron chi connectivity index (χ3n) is 2.42. The zero-order valence-corrected chi connectivity index (χ0v) is 10.2. The minimum Gasteiger partial charge on any atom is -0.481 e. The van der Waals surface area contributed by atoms with Crippen LogP contribution in [-0.2, 0) is 11.3 Å². The van der Waals surface area contributed by atoms with Gasteiger partial charge in [0.1, 0.15) is 0 Å². The van der Waals surface area contributed by atoms with Crippen LogP contribution in [0, 0.1) is 0 Å². The fourth-order valence-corrected chi connectivity index (χ4v) is 1.43. The van der Waals surface area contributed by atoms with Crippen molar-refractivity contribution in [3.63, 3.8) is 0 Å². The molecule has 1 rings (SSSR count). The molecule has 1 aromatic rings. The van der Waals surface area contributed by atoms with E-state index >= 15 is 0 Å². The molecule has 0 radical (unpaired) electrons. The molecule has 0 saturated heterocycles. The highest BCUT2D eigenvalue weighted by atomic mass is 16.4. The number of carbonyl (C=O) groups excluding carboxylic acids is 1. The lowest BCUT2D eigenvalue weighted by Gasteiger charge is -2.15. The quantitative estimate of drug-likeness (QED) is 0.707. The van der Waals surface area contributed by atoms with Crippen molar-refractivity contribution in [2.45, 2.75) is 32.4 Å². The molecule has 1 unspecified atom stereocenters. The van der Waals surface area contributed by atoms with Crippen molar-refractivity contribution in [3.8, 4) is 0 Å². The minimum atomic E-state index is -0.922. The summed E-state index contributed by atoms with van der Waals surface area (Å²) in [4.78, 5) is 26.0. The van der Waals surface area contributed by atoms with Crippen molar-refractivity contribution in [1.82, 2.24) is 15.6 Å². The molecule has 6 nitrogen and oxygen atoms in total. The van der Waals surface area contributed by atoms with Crippen LogP contribution in [0.25, 0.3) is 0 Å². The van der Waals surface area contributed by atoms with Gasteiger partial charge in [0, 0.05) is 25.0 Å². The topological polar surface area (TPSA) is 91.3 Å². The lowest BCUT2D eigenvalue weighted by Crippen LogP contribution is -2.42. The largest absolute Gasteiger partial charge is 0.481 e. The molecule has 0 aliphatic heterocycles. The van der Waals surface area contributed by atoms with Gasteiger partial charge in [0.2, 0.25) is 0 Å². The van der Waals surface area contributed by atoms with Crippen LogP contribution < -0.4 is 10.6 Å². The number of aliphatic carboxylic acids is 1. The summed E-state index contributed by atoms with van der Waals surface area (Å²) >= 11 is 0. The molecule has 0 fully saturated rings. The van der Waals surface area contributed by atoms with Crippen LogP contribution in [0.2, 0.25) is 0 Å². The van der Waals surface area contributed by atoms with Gasteiger partial charge in [-0.05, 0) is 18.1 Å². The van der Waals surface area contributed by atoms with E-state index in [0.717, 1.165) is 5.56 Å². The number of rotatable bonds is 6. The van der Waals surface area contributed by atoms with Crippen molar-refractivity contribution in [2.24, 2.45) is 0 Å². The highest BCUT2D eigenvalue weighted by Crippen LogP contribution is 1.98. The number of carbonyl (C=O) groups is 2. The summed E-state index contributed by atoms with van der Waals surface area (Å²) < 4.78 is 0. The van der Waals surface area contributed by atoms with Gasteiger partial charge in [0.05, 0.1) is 6.42 Å². The zero-order chi connectivity index (χ0) is 13.4. The molecule has 18 heavy (non-hydrogen) atoms. The van der Waals surface area contributed by atoms with Gasteiger partial charge >= 0.3 is 12.0 Å². The molecule has 2 amide bonds. The zero-order valence-electron chi connectivity index (χ0n) is 10.2. The fourth-order valence-electron chi connectivity index (χ4n) is 1.43. The van der Waals surface area contributed by atoms with Crippen LogP contribution >= 0.6 is 0 Å². The van der Waals surface area contributed by atoms with Crippen molar-refractivity contribution < 1.29 is 14.7 Å². The molecule has 1 atom stereocenters. The van der Waals surface area contributed by atoms with E-state index in [9.17, 15) is 9.59 Å². The molecule has 0 saturated carbocycles. The highest BCUT2D eigenvalue weighted by Gasteiger charge is 2.13. The maximum atomic E-state index is 11.5. The second-order valence-corrected chi connectivity index (χ2v) is 3.89. The lowest BCUT2D eigenvalue weighted by molar-refractivity contribution is -0.137. The van der Waals surface area contributed by atoms with E-state index in [4.69, 9.17) is 5.11 Å². The number of pyridine rings is 1. The summed E-state index contributed by atoms with van der Waals surface area (Å²) in [5.41, 5.74) is 0.888. The molecular weight excluding hydrogens is 234 g/mol. The first-order valence-electron chi connectivity index (χ1n) is 5.77. The Labute approximate surface area is 105 Å². The van der Waals surface area contributed by atoms with E-state index in [1.54, 1.807) is 18.5 Å². The number of nitrogens with one attached hydrogen (secondary N) is 2. The van der Waals surface area contributed by atoms with E-state index in [1.807, 2.05) is 13.0 Å². The number of carboxylic acids is 1. The Kier molecular flexibility index (Phi) is 5.63. The Morgan fingerprint density at radius 1 is 1.50 bits per heavy atom. The first-order valence-corrected chi connectivity index (χ1v) is 5.77. The Bertz CT molecular complexity index is 395. The van der Waals surface area contributed by atoms with Crippen LogP contribution in [0.4, 0.5) is 4.79 Å². The number of urea groups is 1. The summed E-state index contributed by atoms with van der Waals surface area (Å²) in [6, 6.07) is 2.92. The molecule has 1 aromatic heterocycles. The highest BCUT2D eigenvalue weighted by molar-refractivity contribution is 5.75.